The van der Waals surface area contributed by atoms with Crippen molar-refractivity contribution in [3.05, 3.63) is 0 Å². The van der Waals surface area contributed by atoms with Crippen LogP contribution in [0.5, 0.6) is 0 Å². The molecule has 2 N–H and O–H groups in total. The maximum absolute atomic E-state index is 11.6. The fourth-order valence-corrected chi connectivity index (χ4v) is 2.11. The van der Waals surface area contributed by atoms with Crippen molar-refractivity contribution in [3.63, 3.8) is 0 Å². The summed E-state index contributed by atoms with van der Waals surface area (Å²) < 4.78 is 4.95. The number of carbonyl (C=O) groups is 2. The second kappa shape index (κ2) is 4.16. The van der Waals surface area contributed by atoms with Crippen LogP contribution in [0.3, 0.4) is 0 Å². The average Bonchev–Trinajstić information content (AvgIpc) is 2.70. The number of hydrogen-bond donors (Lipinski definition) is 2. The molecular formula is C9H14N2O4. The van der Waals surface area contributed by atoms with Crippen molar-refractivity contribution in [1.29, 1.82) is 0 Å². The highest BCUT2D eigenvalue weighted by molar-refractivity contribution is 5.85. The summed E-state index contributed by atoms with van der Waals surface area (Å²) in [5.74, 6) is -1.21. The third kappa shape index (κ3) is 1.95. The summed E-state index contributed by atoms with van der Waals surface area (Å²) >= 11 is 0. The van der Waals surface area contributed by atoms with Crippen molar-refractivity contribution >= 4 is 11.9 Å². The van der Waals surface area contributed by atoms with Gasteiger partial charge >= 0.3 is 5.97 Å². The van der Waals surface area contributed by atoms with Gasteiger partial charge in [0.05, 0.1) is 6.61 Å². The summed E-state index contributed by atoms with van der Waals surface area (Å²) in [6.45, 7) is 1.61. The van der Waals surface area contributed by atoms with Crippen molar-refractivity contribution in [2.45, 2.75) is 18.5 Å². The Bertz CT molecular complexity index is 275. The molecule has 0 aromatic rings. The van der Waals surface area contributed by atoms with Gasteiger partial charge < -0.3 is 20.1 Å². The highest BCUT2D eigenvalue weighted by Crippen LogP contribution is 2.17. The monoisotopic (exact) mass is 214 g/mol. The summed E-state index contributed by atoms with van der Waals surface area (Å²) in [5, 5.41) is 12.1. The second-order valence-electron chi connectivity index (χ2n) is 3.82. The molecule has 2 aliphatic rings. The Morgan fingerprint density at radius 1 is 1.60 bits per heavy atom. The number of carbonyl (C=O) groups excluding carboxylic acids is 1. The lowest BCUT2D eigenvalue weighted by molar-refractivity contribution is -0.165. The number of nitrogens with one attached hydrogen (secondary N) is 1. The highest BCUT2D eigenvalue weighted by Gasteiger charge is 2.39. The topological polar surface area (TPSA) is 78.9 Å². The first-order chi connectivity index (χ1) is 7.20. The first kappa shape index (κ1) is 10.4. The Morgan fingerprint density at radius 2 is 2.40 bits per heavy atom. The highest BCUT2D eigenvalue weighted by atomic mass is 16.5. The molecule has 2 fully saturated rings. The summed E-state index contributed by atoms with van der Waals surface area (Å²) in [4.78, 5) is 24.0. The fraction of sp³-hybridized carbons (Fsp3) is 0.778. The molecule has 2 unspecified atom stereocenters. The van der Waals surface area contributed by atoms with Crippen LogP contribution in [0.15, 0.2) is 0 Å². The van der Waals surface area contributed by atoms with Gasteiger partial charge in [0.25, 0.3) is 0 Å². The molecule has 2 atom stereocenters. The van der Waals surface area contributed by atoms with Crippen molar-refractivity contribution in [2.24, 2.45) is 0 Å². The number of amides is 1. The quantitative estimate of drug-likeness (QED) is 0.595. The minimum atomic E-state index is -0.991. The number of ether oxygens (including phenoxy) is 1. The molecule has 0 saturated carbocycles. The largest absolute Gasteiger partial charge is 0.480 e. The number of morpholine rings is 1. The molecule has 0 aliphatic carbocycles. The molecular weight excluding hydrogens is 200 g/mol. The van der Waals surface area contributed by atoms with E-state index >= 15 is 0 Å². The van der Waals surface area contributed by atoms with Gasteiger partial charge in [0.1, 0.15) is 6.61 Å². The minimum Gasteiger partial charge on any atom is -0.480 e. The zero-order valence-corrected chi connectivity index (χ0v) is 8.31. The van der Waals surface area contributed by atoms with E-state index < -0.39 is 12.0 Å². The smallest absolute Gasteiger partial charge is 0.328 e. The SMILES string of the molecule is O=C(O)C1COCC(=O)N1C1CCNC1. The Hall–Kier alpha value is -1.14. The van der Waals surface area contributed by atoms with Crippen LogP contribution in [0.1, 0.15) is 6.42 Å². The maximum Gasteiger partial charge on any atom is 0.328 e. The van der Waals surface area contributed by atoms with Gasteiger partial charge in [-0.3, -0.25) is 4.79 Å². The van der Waals surface area contributed by atoms with Crippen LogP contribution in [-0.2, 0) is 14.3 Å². The van der Waals surface area contributed by atoms with E-state index in [1.165, 1.54) is 4.90 Å². The molecule has 2 saturated heterocycles. The number of hydrogen-bond acceptors (Lipinski definition) is 4. The Kier molecular flexibility index (Phi) is 2.88. The summed E-state index contributed by atoms with van der Waals surface area (Å²) in [6, 6.07) is -0.821. The zero-order valence-electron chi connectivity index (χ0n) is 8.31. The van der Waals surface area contributed by atoms with Crippen LogP contribution in [-0.4, -0.2) is 60.3 Å². The summed E-state index contributed by atoms with van der Waals surface area (Å²) in [6.07, 6.45) is 0.815. The van der Waals surface area contributed by atoms with Crippen LogP contribution in [0.2, 0.25) is 0 Å². The van der Waals surface area contributed by atoms with Gasteiger partial charge in [0.2, 0.25) is 5.91 Å². The number of carboxylic acid groups (broad SMARTS) is 1. The Labute approximate surface area is 87.2 Å². The van der Waals surface area contributed by atoms with Gasteiger partial charge in [-0.1, -0.05) is 0 Å². The molecule has 0 aromatic carbocycles. The summed E-state index contributed by atoms with van der Waals surface area (Å²) in [5.41, 5.74) is 0. The van der Waals surface area contributed by atoms with Gasteiger partial charge in [-0.05, 0) is 13.0 Å². The van der Waals surface area contributed by atoms with Crippen LogP contribution < -0.4 is 5.32 Å². The maximum atomic E-state index is 11.6. The van der Waals surface area contributed by atoms with E-state index in [0.29, 0.717) is 6.54 Å². The third-order valence-corrected chi connectivity index (χ3v) is 2.84. The van der Waals surface area contributed by atoms with Crippen LogP contribution in [0, 0.1) is 0 Å². The molecule has 2 heterocycles. The van der Waals surface area contributed by atoms with E-state index in [9.17, 15) is 9.59 Å². The minimum absolute atomic E-state index is 0.000278. The van der Waals surface area contributed by atoms with Crippen molar-refractivity contribution < 1.29 is 19.4 Å². The second-order valence-corrected chi connectivity index (χ2v) is 3.82. The number of aliphatic carboxylic acids is 1. The molecule has 84 valence electrons. The standard InChI is InChI=1S/C9H14N2O4/c12-8-5-15-4-7(9(13)14)11(8)6-1-2-10-3-6/h6-7,10H,1-5H2,(H,13,14). The van der Waals surface area contributed by atoms with Crippen LogP contribution in [0.4, 0.5) is 0 Å². The van der Waals surface area contributed by atoms with Gasteiger partial charge in [-0.2, -0.15) is 0 Å². The molecule has 1 amide bonds. The molecule has 6 nitrogen and oxygen atoms in total. The lowest BCUT2D eigenvalue weighted by Crippen LogP contribution is -2.57. The van der Waals surface area contributed by atoms with Gasteiger partial charge in [0.15, 0.2) is 6.04 Å². The van der Waals surface area contributed by atoms with Gasteiger partial charge in [-0.15, -0.1) is 0 Å². The van der Waals surface area contributed by atoms with Gasteiger partial charge in [0, 0.05) is 12.6 Å². The van der Waals surface area contributed by atoms with E-state index in [2.05, 4.69) is 5.32 Å². The lowest BCUT2D eigenvalue weighted by atomic mass is 10.1. The van der Waals surface area contributed by atoms with Gasteiger partial charge in [-0.25, -0.2) is 4.79 Å². The van der Waals surface area contributed by atoms with Crippen molar-refractivity contribution in [1.82, 2.24) is 10.2 Å². The van der Waals surface area contributed by atoms with Crippen molar-refractivity contribution in [3.8, 4) is 0 Å². The van der Waals surface area contributed by atoms with E-state index in [4.69, 9.17) is 9.84 Å². The predicted molar refractivity (Wildman–Crippen MR) is 50.4 cm³/mol. The third-order valence-electron chi connectivity index (χ3n) is 2.84. The number of nitrogens with zero attached hydrogens (tertiary/aromatic N) is 1. The normalized spacial score (nSPS) is 32.0. The first-order valence-corrected chi connectivity index (χ1v) is 5.02. The van der Waals surface area contributed by atoms with Crippen LogP contribution in [0.25, 0.3) is 0 Å². The predicted octanol–water partition coefficient (Wildman–Crippen LogP) is -1.34. The van der Waals surface area contributed by atoms with E-state index in [0.717, 1.165) is 13.0 Å². The van der Waals surface area contributed by atoms with E-state index in [-0.39, 0.29) is 25.2 Å². The average molecular weight is 214 g/mol. The van der Waals surface area contributed by atoms with E-state index in [1.807, 2.05) is 0 Å². The zero-order chi connectivity index (χ0) is 10.8. The van der Waals surface area contributed by atoms with E-state index in [1.54, 1.807) is 0 Å². The van der Waals surface area contributed by atoms with Crippen molar-refractivity contribution in [2.75, 3.05) is 26.3 Å². The molecule has 0 aromatic heterocycles. The molecule has 15 heavy (non-hydrogen) atoms. The summed E-state index contributed by atoms with van der Waals surface area (Å²) in [7, 11) is 0. The molecule has 0 spiro atoms. The molecule has 0 bridgehead atoms. The fourth-order valence-electron chi connectivity index (χ4n) is 2.11. The van der Waals surface area contributed by atoms with Crippen LogP contribution >= 0.6 is 0 Å². The number of rotatable bonds is 2. The molecule has 2 rings (SSSR count). The Morgan fingerprint density at radius 3 is 3.00 bits per heavy atom. The first-order valence-electron chi connectivity index (χ1n) is 5.02. The molecule has 2 aliphatic heterocycles. The molecule has 0 radical (unpaired) electrons. The Balaban J connectivity index is 2.14. The molecule has 6 heteroatoms. The number of carboxylic acids is 1. The lowest BCUT2D eigenvalue weighted by Gasteiger charge is -2.36.